The van der Waals surface area contributed by atoms with Crippen molar-refractivity contribution in [1.82, 2.24) is 9.88 Å². The molecule has 16 heavy (non-hydrogen) atoms. The van der Waals surface area contributed by atoms with Crippen LogP contribution in [0.5, 0.6) is 0 Å². The highest BCUT2D eigenvalue weighted by Crippen LogP contribution is 2.13. The maximum atomic E-state index is 6.02. The monoisotopic (exact) mass is 242 g/mol. The number of likely N-dealkylation sites (N-methyl/N-ethyl adjacent to an activating group) is 1. The van der Waals surface area contributed by atoms with Gasteiger partial charge in [0.15, 0.2) is 0 Å². The van der Waals surface area contributed by atoms with Crippen LogP contribution in [-0.2, 0) is 11.3 Å². The number of halogens is 1. The predicted molar refractivity (Wildman–Crippen MR) is 66.7 cm³/mol. The second kappa shape index (κ2) is 7.60. The van der Waals surface area contributed by atoms with Gasteiger partial charge in [-0.3, -0.25) is 4.90 Å². The summed E-state index contributed by atoms with van der Waals surface area (Å²) < 4.78 is 5.34. The Labute approximate surface area is 102 Å². The Morgan fingerprint density at radius 2 is 2.25 bits per heavy atom. The van der Waals surface area contributed by atoms with Gasteiger partial charge in [-0.1, -0.05) is 24.6 Å². The number of rotatable bonds is 7. The van der Waals surface area contributed by atoms with E-state index in [-0.39, 0.29) is 0 Å². The third-order valence-electron chi connectivity index (χ3n) is 2.43. The zero-order valence-corrected chi connectivity index (χ0v) is 10.7. The van der Waals surface area contributed by atoms with Crippen LogP contribution < -0.4 is 0 Å². The second-order valence-electron chi connectivity index (χ2n) is 3.52. The Morgan fingerprint density at radius 3 is 2.88 bits per heavy atom. The van der Waals surface area contributed by atoms with Crippen molar-refractivity contribution < 1.29 is 4.74 Å². The van der Waals surface area contributed by atoms with Gasteiger partial charge < -0.3 is 4.74 Å². The van der Waals surface area contributed by atoms with Crippen LogP contribution in [0, 0.1) is 0 Å². The van der Waals surface area contributed by atoms with Crippen LogP contribution in [0.2, 0.25) is 5.15 Å². The first kappa shape index (κ1) is 13.4. The van der Waals surface area contributed by atoms with Gasteiger partial charge in [-0.05, 0) is 19.5 Å². The van der Waals surface area contributed by atoms with Crippen LogP contribution >= 0.6 is 11.6 Å². The summed E-state index contributed by atoms with van der Waals surface area (Å²) in [7, 11) is 0. The summed E-state index contributed by atoms with van der Waals surface area (Å²) in [6.45, 7) is 8.42. The summed E-state index contributed by atoms with van der Waals surface area (Å²) in [6.07, 6.45) is 1.71. The fourth-order valence-corrected chi connectivity index (χ4v) is 1.64. The SMILES string of the molecule is CCOCCN(CC)Cc1cccnc1Cl. The highest BCUT2D eigenvalue weighted by atomic mass is 35.5. The van der Waals surface area contributed by atoms with Gasteiger partial charge in [-0.15, -0.1) is 0 Å². The van der Waals surface area contributed by atoms with Gasteiger partial charge >= 0.3 is 0 Å². The summed E-state index contributed by atoms with van der Waals surface area (Å²) in [4.78, 5) is 6.36. The predicted octanol–water partition coefficient (Wildman–Crippen LogP) is 2.59. The minimum atomic E-state index is 0.595. The van der Waals surface area contributed by atoms with Crippen LogP contribution in [0.1, 0.15) is 19.4 Å². The Morgan fingerprint density at radius 1 is 1.44 bits per heavy atom. The number of pyridine rings is 1. The second-order valence-corrected chi connectivity index (χ2v) is 3.88. The van der Waals surface area contributed by atoms with Crippen molar-refractivity contribution in [3.63, 3.8) is 0 Å². The van der Waals surface area contributed by atoms with Crippen LogP contribution in [-0.4, -0.2) is 36.2 Å². The Balaban J connectivity index is 2.46. The van der Waals surface area contributed by atoms with Crippen LogP contribution in [0.3, 0.4) is 0 Å². The van der Waals surface area contributed by atoms with Gasteiger partial charge in [0, 0.05) is 31.5 Å². The number of hydrogen-bond acceptors (Lipinski definition) is 3. The van der Waals surface area contributed by atoms with Gasteiger partial charge in [0.05, 0.1) is 6.61 Å². The molecule has 0 aliphatic heterocycles. The van der Waals surface area contributed by atoms with E-state index >= 15 is 0 Å². The lowest BCUT2D eigenvalue weighted by Gasteiger charge is -2.20. The third-order valence-corrected chi connectivity index (χ3v) is 2.77. The molecule has 0 amide bonds. The average Bonchev–Trinajstić information content (AvgIpc) is 2.30. The quantitative estimate of drug-likeness (QED) is 0.543. The van der Waals surface area contributed by atoms with Gasteiger partial charge in [0.25, 0.3) is 0 Å². The maximum absolute atomic E-state index is 6.02. The fraction of sp³-hybridized carbons (Fsp3) is 0.583. The fourth-order valence-electron chi connectivity index (χ4n) is 1.47. The highest BCUT2D eigenvalue weighted by Gasteiger charge is 2.06. The molecule has 0 N–H and O–H groups in total. The van der Waals surface area contributed by atoms with Gasteiger partial charge in [0.1, 0.15) is 5.15 Å². The van der Waals surface area contributed by atoms with E-state index in [2.05, 4.69) is 16.8 Å². The van der Waals surface area contributed by atoms with E-state index in [0.717, 1.165) is 38.4 Å². The van der Waals surface area contributed by atoms with E-state index in [1.54, 1.807) is 6.20 Å². The van der Waals surface area contributed by atoms with Crippen LogP contribution in [0.25, 0.3) is 0 Å². The molecular weight excluding hydrogens is 224 g/mol. The van der Waals surface area contributed by atoms with E-state index < -0.39 is 0 Å². The van der Waals surface area contributed by atoms with Gasteiger partial charge in [-0.2, -0.15) is 0 Å². The first-order chi connectivity index (χ1) is 7.77. The van der Waals surface area contributed by atoms with Crippen molar-refractivity contribution in [1.29, 1.82) is 0 Å². The zero-order valence-electron chi connectivity index (χ0n) is 9.95. The van der Waals surface area contributed by atoms with E-state index in [1.165, 1.54) is 0 Å². The largest absolute Gasteiger partial charge is 0.380 e. The molecule has 90 valence electrons. The minimum absolute atomic E-state index is 0.595. The first-order valence-electron chi connectivity index (χ1n) is 5.67. The molecule has 4 heteroatoms. The Bertz CT molecular complexity index is 307. The molecule has 0 aliphatic rings. The number of ether oxygens (including phenoxy) is 1. The molecule has 1 rings (SSSR count). The molecule has 0 aromatic carbocycles. The molecule has 1 aromatic heterocycles. The molecule has 0 aliphatic carbocycles. The van der Waals surface area contributed by atoms with Crippen LogP contribution in [0.4, 0.5) is 0 Å². The Hall–Kier alpha value is -0.640. The van der Waals surface area contributed by atoms with Crippen LogP contribution in [0.15, 0.2) is 18.3 Å². The number of nitrogens with zero attached hydrogens (tertiary/aromatic N) is 2. The van der Waals surface area contributed by atoms with Gasteiger partial charge in [-0.25, -0.2) is 4.98 Å². The molecule has 0 atom stereocenters. The maximum Gasteiger partial charge on any atom is 0.133 e. The molecule has 0 saturated carbocycles. The van der Waals surface area contributed by atoms with Crippen molar-refractivity contribution in [3.05, 3.63) is 29.0 Å². The average molecular weight is 243 g/mol. The normalized spacial score (nSPS) is 11.0. The standard InChI is InChI=1S/C12H19ClN2O/c1-3-15(8-9-16-4-2)10-11-6-5-7-14-12(11)13/h5-7H,3-4,8-10H2,1-2H3. The van der Waals surface area contributed by atoms with Crippen molar-refractivity contribution in [2.45, 2.75) is 20.4 Å². The lowest BCUT2D eigenvalue weighted by atomic mass is 10.2. The molecule has 0 fully saturated rings. The first-order valence-corrected chi connectivity index (χ1v) is 6.05. The highest BCUT2D eigenvalue weighted by molar-refractivity contribution is 6.30. The molecule has 1 aromatic rings. The van der Waals surface area contributed by atoms with E-state index in [0.29, 0.717) is 5.15 Å². The number of hydrogen-bond donors (Lipinski definition) is 0. The van der Waals surface area contributed by atoms with Gasteiger partial charge in [0.2, 0.25) is 0 Å². The summed E-state index contributed by atoms with van der Waals surface area (Å²) in [5.74, 6) is 0. The number of aromatic nitrogens is 1. The summed E-state index contributed by atoms with van der Waals surface area (Å²) in [5, 5.41) is 0.595. The van der Waals surface area contributed by atoms with E-state index in [9.17, 15) is 0 Å². The van der Waals surface area contributed by atoms with E-state index in [1.807, 2.05) is 19.1 Å². The molecule has 1 heterocycles. The molecule has 0 spiro atoms. The van der Waals surface area contributed by atoms with Crippen molar-refractivity contribution in [2.75, 3.05) is 26.3 Å². The summed E-state index contributed by atoms with van der Waals surface area (Å²) in [5.41, 5.74) is 1.07. The van der Waals surface area contributed by atoms with Crippen molar-refractivity contribution in [3.8, 4) is 0 Å². The molecule has 0 unspecified atom stereocenters. The molecule has 3 nitrogen and oxygen atoms in total. The summed E-state index contributed by atoms with van der Waals surface area (Å²) in [6, 6.07) is 3.93. The Kier molecular flexibility index (Phi) is 6.38. The summed E-state index contributed by atoms with van der Waals surface area (Å²) >= 11 is 6.02. The molecule has 0 saturated heterocycles. The zero-order chi connectivity index (χ0) is 11.8. The minimum Gasteiger partial charge on any atom is -0.380 e. The topological polar surface area (TPSA) is 25.4 Å². The van der Waals surface area contributed by atoms with E-state index in [4.69, 9.17) is 16.3 Å². The van der Waals surface area contributed by atoms with Crippen molar-refractivity contribution >= 4 is 11.6 Å². The molecular formula is C12H19ClN2O. The lowest BCUT2D eigenvalue weighted by molar-refractivity contribution is 0.113. The third kappa shape index (κ3) is 4.47. The lowest BCUT2D eigenvalue weighted by Crippen LogP contribution is -2.27. The molecule has 0 radical (unpaired) electrons. The smallest absolute Gasteiger partial charge is 0.133 e. The molecule has 0 bridgehead atoms. The van der Waals surface area contributed by atoms with Crippen molar-refractivity contribution in [2.24, 2.45) is 0 Å².